The molecule has 0 aliphatic carbocycles. The number of carbonyl (C=O) groups is 2. The average molecular weight is 443 g/mol. The highest BCUT2D eigenvalue weighted by Gasteiger charge is 2.17. The summed E-state index contributed by atoms with van der Waals surface area (Å²) in [6, 6.07) is 20.3. The van der Waals surface area contributed by atoms with Gasteiger partial charge in [-0.3, -0.25) is 14.9 Å². The number of nitro benzene ring substituents is 1. The lowest BCUT2D eigenvalue weighted by molar-refractivity contribution is -0.384. The molecule has 7 nitrogen and oxygen atoms in total. The quantitative estimate of drug-likeness (QED) is 0.307. The number of esters is 1. The number of hydrogen-bond donors (Lipinski definition) is 1. The molecule has 9 heteroatoms. The highest BCUT2D eigenvalue weighted by atomic mass is 35.5. The van der Waals surface area contributed by atoms with Crippen LogP contribution in [0.15, 0.2) is 82.6 Å². The normalized spacial score (nSPS) is 10.3. The van der Waals surface area contributed by atoms with Crippen LogP contribution in [-0.4, -0.2) is 23.4 Å². The summed E-state index contributed by atoms with van der Waals surface area (Å²) < 4.78 is 4.99. The predicted molar refractivity (Wildman–Crippen MR) is 114 cm³/mol. The van der Waals surface area contributed by atoms with Gasteiger partial charge in [-0.25, -0.2) is 4.79 Å². The van der Waals surface area contributed by atoms with Gasteiger partial charge in [0.25, 0.3) is 11.6 Å². The molecule has 0 aromatic heterocycles. The topological polar surface area (TPSA) is 98.5 Å². The van der Waals surface area contributed by atoms with Crippen LogP contribution in [0, 0.1) is 10.1 Å². The van der Waals surface area contributed by atoms with Crippen LogP contribution in [-0.2, 0) is 9.53 Å². The second-order valence-electron chi connectivity index (χ2n) is 5.96. The molecule has 0 atom stereocenters. The number of rotatable bonds is 7. The third-order valence-electron chi connectivity index (χ3n) is 3.85. The van der Waals surface area contributed by atoms with Crippen molar-refractivity contribution < 1.29 is 19.2 Å². The summed E-state index contributed by atoms with van der Waals surface area (Å²) >= 11 is 7.39. The van der Waals surface area contributed by atoms with E-state index in [-0.39, 0.29) is 16.3 Å². The lowest BCUT2D eigenvalue weighted by Gasteiger charge is -2.11. The van der Waals surface area contributed by atoms with Gasteiger partial charge < -0.3 is 10.1 Å². The van der Waals surface area contributed by atoms with E-state index >= 15 is 0 Å². The summed E-state index contributed by atoms with van der Waals surface area (Å²) in [5, 5.41) is 13.3. The van der Waals surface area contributed by atoms with Gasteiger partial charge >= 0.3 is 5.97 Å². The molecule has 1 amide bonds. The molecule has 30 heavy (non-hydrogen) atoms. The Kier molecular flexibility index (Phi) is 7.05. The molecule has 0 heterocycles. The summed E-state index contributed by atoms with van der Waals surface area (Å²) in [5.41, 5.74) is 0.276. The van der Waals surface area contributed by atoms with Crippen molar-refractivity contribution in [3.05, 3.63) is 93.5 Å². The SMILES string of the molecule is O=C(COC(=O)c1ccc([N+](=O)[O-])cc1Cl)Nc1ccccc1Sc1ccccc1. The van der Waals surface area contributed by atoms with Crippen molar-refractivity contribution in [2.24, 2.45) is 0 Å². The fourth-order valence-corrected chi connectivity index (χ4v) is 3.63. The van der Waals surface area contributed by atoms with Crippen LogP contribution in [0.2, 0.25) is 5.02 Å². The van der Waals surface area contributed by atoms with E-state index < -0.39 is 23.4 Å². The van der Waals surface area contributed by atoms with Crippen molar-refractivity contribution in [2.75, 3.05) is 11.9 Å². The summed E-state index contributed by atoms with van der Waals surface area (Å²) in [6.45, 7) is -0.531. The molecule has 3 aromatic rings. The maximum Gasteiger partial charge on any atom is 0.340 e. The Bertz CT molecular complexity index is 1090. The lowest BCUT2D eigenvalue weighted by Crippen LogP contribution is -2.21. The molecule has 0 saturated carbocycles. The molecule has 1 N–H and O–H groups in total. The van der Waals surface area contributed by atoms with Crippen LogP contribution in [0.5, 0.6) is 0 Å². The smallest absolute Gasteiger partial charge is 0.340 e. The number of halogens is 1. The Balaban J connectivity index is 1.61. The van der Waals surface area contributed by atoms with Gasteiger partial charge in [0.1, 0.15) is 0 Å². The molecular weight excluding hydrogens is 428 g/mol. The van der Waals surface area contributed by atoms with Crippen molar-refractivity contribution in [1.29, 1.82) is 0 Å². The van der Waals surface area contributed by atoms with Gasteiger partial charge in [-0.15, -0.1) is 0 Å². The zero-order chi connectivity index (χ0) is 21.5. The van der Waals surface area contributed by atoms with Crippen molar-refractivity contribution in [1.82, 2.24) is 0 Å². The van der Waals surface area contributed by atoms with E-state index in [2.05, 4.69) is 5.32 Å². The van der Waals surface area contributed by atoms with Gasteiger partial charge in [0.2, 0.25) is 0 Å². The highest BCUT2D eigenvalue weighted by Crippen LogP contribution is 2.33. The van der Waals surface area contributed by atoms with Gasteiger partial charge in [0, 0.05) is 21.9 Å². The number of anilines is 1. The molecule has 0 spiro atoms. The third-order valence-corrected chi connectivity index (χ3v) is 5.25. The molecule has 0 fully saturated rings. The van der Waals surface area contributed by atoms with Crippen LogP contribution < -0.4 is 5.32 Å². The minimum Gasteiger partial charge on any atom is -0.452 e. The molecule has 0 aliphatic heterocycles. The molecule has 0 radical (unpaired) electrons. The van der Waals surface area contributed by atoms with E-state index in [1.165, 1.54) is 17.8 Å². The minimum atomic E-state index is -0.850. The largest absolute Gasteiger partial charge is 0.452 e. The third kappa shape index (κ3) is 5.59. The van der Waals surface area contributed by atoms with E-state index in [9.17, 15) is 19.7 Å². The first-order valence-corrected chi connectivity index (χ1v) is 9.86. The van der Waals surface area contributed by atoms with Crippen LogP contribution in [0.25, 0.3) is 0 Å². The Hall–Kier alpha value is -3.36. The summed E-state index contributed by atoms with van der Waals surface area (Å²) in [7, 11) is 0. The Morgan fingerprint density at radius 2 is 1.73 bits per heavy atom. The van der Waals surface area contributed by atoms with Gasteiger partial charge in [0.15, 0.2) is 6.61 Å². The summed E-state index contributed by atoms with van der Waals surface area (Å²) in [6.07, 6.45) is 0. The number of benzene rings is 3. The van der Waals surface area contributed by atoms with Crippen molar-refractivity contribution >= 4 is 46.6 Å². The van der Waals surface area contributed by atoms with E-state index in [1.54, 1.807) is 12.1 Å². The Morgan fingerprint density at radius 3 is 2.43 bits per heavy atom. The maximum absolute atomic E-state index is 12.3. The predicted octanol–water partition coefficient (Wildman–Crippen LogP) is 5.19. The number of nitrogens with one attached hydrogen (secondary N) is 1. The second kappa shape index (κ2) is 9.91. The number of non-ortho nitro benzene ring substituents is 1. The van der Waals surface area contributed by atoms with E-state index in [4.69, 9.17) is 16.3 Å². The van der Waals surface area contributed by atoms with E-state index in [0.29, 0.717) is 5.69 Å². The van der Waals surface area contributed by atoms with Gasteiger partial charge in [-0.2, -0.15) is 0 Å². The van der Waals surface area contributed by atoms with Crippen LogP contribution in [0.1, 0.15) is 10.4 Å². The molecule has 0 saturated heterocycles. The fourth-order valence-electron chi connectivity index (χ4n) is 2.45. The molecule has 0 aliphatic rings. The van der Waals surface area contributed by atoms with Crippen molar-refractivity contribution in [3.63, 3.8) is 0 Å². The number of amides is 1. The van der Waals surface area contributed by atoms with Crippen molar-refractivity contribution in [2.45, 2.75) is 9.79 Å². The Labute approximate surface area is 181 Å². The zero-order valence-electron chi connectivity index (χ0n) is 15.4. The van der Waals surface area contributed by atoms with Gasteiger partial charge in [0.05, 0.1) is 21.2 Å². The number of carbonyl (C=O) groups excluding carboxylic acids is 2. The lowest BCUT2D eigenvalue weighted by atomic mass is 10.2. The Morgan fingerprint density at radius 1 is 1.03 bits per heavy atom. The maximum atomic E-state index is 12.3. The number of nitrogens with zero attached hydrogens (tertiary/aromatic N) is 1. The molecular formula is C21H15ClN2O5S. The van der Waals surface area contributed by atoms with Crippen LogP contribution in [0.4, 0.5) is 11.4 Å². The number of nitro groups is 1. The summed E-state index contributed by atoms with van der Waals surface area (Å²) in [4.78, 5) is 36.4. The van der Waals surface area contributed by atoms with Crippen LogP contribution >= 0.6 is 23.4 Å². The molecule has 3 rings (SSSR count). The number of para-hydroxylation sites is 1. The standard InChI is InChI=1S/C21H15ClN2O5S/c22-17-12-14(24(27)28)10-11-16(17)21(26)29-13-20(25)23-18-8-4-5-9-19(18)30-15-6-2-1-3-7-15/h1-12H,13H2,(H,23,25). The van der Waals surface area contributed by atoms with Crippen molar-refractivity contribution in [3.8, 4) is 0 Å². The van der Waals surface area contributed by atoms with E-state index in [0.717, 1.165) is 21.9 Å². The fraction of sp³-hybridized carbons (Fsp3) is 0.0476. The van der Waals surface area contributed by atoms with Crippen LogP contribution in [0.3, 0.4) is 0 Å². The van der Waals surface area contributed by atoms with Gasteiger partial charge in [-0.05, 0) is 30.3 Å². The first kappa shape index (κ1) is 21.4. The molecule has 152 valence electrons. The minimum absolute atomic E-state index is 0.0601. The number of ether oxygens (including phenoxy) is 1. The van der Waals surface area contributed by atoms with E-state index in [1.807, 2.05) is 42.5 Å². The summed E-state index contributed by atoms with van der Waals surface area (Å²) in [5.74, 6) is -1.38. The number of hydrogen-bond acceptors (Lipinski definition) is 6. The zero-order valence-corrected chi connectivity index (χ0v) is 17.0. The first-order valence-electron chi connectivity index (χ1n) is 8.67. The highest BCUT2D eigenvalue weighted by molar-refractivity contribution is 7.99. The molecule has 3 aromatic carbocycles. The van der Waals surface area contributed by atoms with Gasteiger partial charge in [-0.1, -0.05) is 53.7 Å². The molecule has 0 bridgehead atoms. The monoisotopic (exact) mass is 442 g/mol. The second-order valence-corrected chi connectivity index (χ2v) is 7.48. The average Bonchev–Trinajstić information content (AvgIpc) is 2.74. The first-order chi connectivity index (χ1) is 14.4. The molecule has 0 unspecified atom stereocenters.